The van der Waals surface area contributed by atoms with Crippen molar-refractivity contribution in [1.82, 2.24) is 0 Å². The third-order valence-electron chi connectivity index (χ3n) is 1.91. The number of hydrogen-bond acceptors (Lipinski definition) is 2. The summed E-state index contributed by atoms with van der Waals surface area (Å²) in [6.07, 6.45) is 2.26. The molecule has 1 spiro atoms. The molecule has 1 saturated heterocycles. The lowest BCUT2D eigenvalue weighted by Gasteiger charge is -2.02. The van der Waals surface area contributed by atoms with Gasteiger partial charge in [0.2, 0.25) is 0 Å². The summed E-state index contributed by atoms with van der Waals surface area (Å²) >= 11 is 0. The van der Waals surface area contributed by atoms with E-state index in [0.717, 1.165) is 12.8 Å². The zero-order valence-electron chi connectivity index (χ0n) is 5.14. The van der Waals surface area contributed by atoms with Crippen molar-refractivity contribution in [3.63, 3.8) is 0 Å². The van der Waals surface area contributed by atoms with Crippen LogP contribution in [-0.2, 0) is 9.53 Å². The van der Waals surface area contributed by atoms with Crippen LogP contribution in [0, 0.1) is 0 Å². The van der Waals surface area contributed by atoms with Crippen LogP contribution in [0.3, 0.4) is 0 Å². The zero-order valence-corrected chi connectivity index (χ0v) is 5.14. The molecule has 0 bridgehead atoms. The minimum absolute atomic E-state index is 0.229. The van der Waals surface area contributed by atoms with Crippen LogP contribution in [0.5, 0.6) is 0 Å². The van der Waals surface area contributed by atoms with Crippen molar-refractivity contribution < 1.29 is 9.53 Å². The van der Waals surface area contributed by atoms with Gasteiger partial charge in [-0.1, -0.05) is 6.58 Å². The molecule has 0 unspecified atom stereocenters. The van der Waals surface area contributed by atoms with Gasteiger partial charge in [0.1, 0.15) is 0 Å². The summed E-state index contributed by atoms with van der Waals surface area (Å²) in [5, 5.41) is 0. The van der Waals surface area contributed by atoms with Crippen LogP contribution in [0.25, 0.3) is 0 Å². The number of Topliss-reactive ketones (excluding diaryl/α,β-unsaturated/α-hetero) is 1. The zero-order chi connectivity index (χ0) is 6.48. The van der Waals surface area contributed by atoms with Gasteiger partial charge in [-0.05, 0) is 12.8 Å². The van der Waals surface area contributed by atoms with Crippen molar-refractivity contribution in [2.24, 2.45) is 0 Å². The lowest BCUT2D eigenvalue weighted by Crippen LogP contribution is -2.15. The van der Waals surface area contributed by atoms with E-state index in [2.05, 4.69) is 6.58 Å². The molecule has 9 heavy (non-hydrogen) atoms. The fraction of sp³-hybridized carbons (Fsp3) is 0.571. The van der Waals surface area contributed by atoms with Crippen LogP contribution >= 0.6 is 0 Å². The summed E-state index contributed by atoms with van der Waals surface area (Å²) < 4.78 is 5.23. The molecule has 2 nitrogen and oxygen atoms in total. The molecule has 1 heterocycles. The first kappa shape index (κ1) is 5.03. The molecule has 1 saturated carbocycles. The quantitative estimate of drug-likeness (QED) is 0.482. The highest BCUT2D eigenvalue weighted by molar-refractivity contribution is 5.93. The van der Waals surface area contributed by atoms with E-state index >= 15 is 0 Å². The summed E-state index contributed by atoms with van der Waals surface area (Å²) in [5.41, 5.74) is -0.364. The summed E-state index contributed by atoms with van der Waals surface area (Å²) in [4.78, 5) is 11.0. The van der Waals surface area contributed by atoms with Gasteiger partial charge in [0.25, 0.3) is 0 Å². The van der Waals surface area contributed by atoms with Gasteiger partial charge < -0.3 is 4.74 Å². The number of allylic oxidation sites excluding steroid dienone is 1. The average Bonchev–Trinajstić information content (AvgIpc) is 2.42. The molecule has 2 fully saturated rings. The van der Waals surface area contributed by atoms with Crippen molar-refractivity contribution in [3.8, 4) is 0 Å². The number of ketones is 1. The van der Waals surface area contributed by atoms with E-state index in [0.29, 0.717) is 12.2 Å². The molecule has 0 aromatic rings. The maximum atomic E-state index is 11.0. The molecule has 0 atom stereocenters. The molecule has 0 radical (unpaired) electrons. The third-order valence-corrected chi connectivity index (χ3v) is 1.91. The van der Waals surface area contributed by atoms with E-state index < -0.39 is 0 Å². The molecule has 0 aromatic heterocycles. The predicted molar refractivity (Wildman–Crippen MR) is 31.8 cm³/mol. The Bertz CT molecular complexity index is 189. The van der Waals surface area contributed by atoms with Gasteiger partial charge in [-0.25, -0.2) is 0 Å². The Balaban J connectivity index is 2.28. The standard InChI is InChI=1S/C7H8O2/c1-5-4-6(8)7(9-5)2-3-7/h1-4H2. The fourth-order valence-corrected chi connectivity index (χ4v) is 1.20. The highest BCUT2D eigenvalue weighted by Gasteiger charge is 2.56. The highest BCUT2D eigenvalue weighted by Crippen LogP contribution is 2.47. The van der Waals surface area contributed by atoms with Crippen LogP contribution in [0.2, 0.25) is 0 Å². The Labute approximate surface area is 53.5 Å². The van der Waals surface area contributed by atoms with Crippen LogP contribution in [0.1, 0.15) is 19.3 Å². The molecule has 2 rings (SSSR count). The van der Waals surface area contributed by atoms with Crippen molar-refractivity contribution in [3.05, 3.63) is 12.3 Å². The van der Waals surface area contributed by atoms with Gasteiger partial charge in [-0.15, -0.1) is 0 Å². The van der Waals surface area contributed by atoms with Crippen LogP contribution in [-0.4, -0.2) is 11.4 Å². The molecule has 2 aliphatic rings. The van der Waals surface area contributed by atoms with Gasteiger partial charge in [-0.3, -0.25) is 4.79 Å². The smallest absolute Gasteiger partial charge is 0.183 e. The van der Waals surface area contributed by atoms with E-state index in [1.165, 1.54) is 0 Å². The summed E-state index contributed by atoms with van der Waals surface area (Å²) in [5.74, 6) is 0.880. The predicted octanol–water partition coefficient (Wildman–Crippen LogP) is 1.02. The summed E-state index contributed by atoms with van der Waals surface area (Å²) in [6, 6.07) is 0. The molecule has 1 aliphatic heterocycles. The van der Waals surface area contributed by atoms with Crippen molar-refractivity contribution in [2.75, 3.05) is 0 Å². The van der Waals surface area contributed by atoms with E-state index in [9.17, 15) is 4.79 Å². The van der Waals surface area contributed by atoms with Crippen LogP contribution < -0.4 is 0 Å². The molecular formula is C7H8O2. The highest BCUT2D eigenvalue weighted by atomic mass is 16.5. The van der Waals surface area contributed by atoms with Gasteiger partial charge in [0, 0.05) is 0 Å². The second kappa shape index (κ2) is 1.20. The average molecular weight is 124 g/mol. The van der Waals surface area contributed by atoms with E-state index in [-0.39, 0.29) is 11.4 Å². The lowest BCUT2D eigenvalue weighted by atomic mass is 10.2. The van der Waals surface area contributed by atoms with Crippen LogP contribution in [0.15, 0.2) is 12.3 Å². The summed E-state index contributed by atoms with van der Waals surface area (Å²) in [6.45, 7) is 3.60. The second-order valence-electron chi connectivity index (χ2n) is 2.73. The molecule has 0 N–H and O–H groups in total. The van der Waals surface area contributed by atoms with Crippen molar-refractivity contribution in [1.29, 1.82) is 0 Å². The van der Waals surface area contributed by atoms with Gasteiger partial charge in [0.15, 0.2) is 11.4 Å². The van der Waals surface area contributed by atoms with Crippen molar-refractivity contribution in [2.45, 2.75) is 24.9 Å². The first-order valence-corrected chi connectivity index (χ1v) is 3.13. The molecule has 0 aromatic carbocycles. The van der Waals surface area contributed by atoms with Gasteiger partial charge in [-0.2, -0.15) is 0 Å². The van der Waals surface area contributed by atoms with Crippen molar-refractivity contribution >= 4 is 5.78 Å². The maximum absolute atomic E-state index is 11.0. The van der Waals surface area contributed by atoms with E-state index in [4.69, 9.17) is 4.74 Å². The first-order valence-electron chi connectivity index (χ1n) is 3.13. The second-order valence-corrected chi connectivity index (χ2v) is 2.73. The molecule has 1 aliphatic carbocycles. The normalized spacial score (nSPS) is 28.9. The Morgan fingerprint density at radius 1 is 1.56 bits per heavy atom. The topological polar surface area (TPSA) is 26.3 Å². The Hall–Kier alpha value is -0.790. The number of carbonyl (C=O) groups is 1. The number of ether oxygens (including phenoxy) is 1. The Morgan fingerprint density at radius 3 is 2.44 bits per heavy atom. The minimum atomic E-state index is -0.364. The number of rotatable bonds is 0. The Kier molecular flexibility index (Phi) is 0.672. The molecule has 48 valence electrons. The Morgan fingerprint density at radius 2 is 2.22 bits per heavy atom. The molecular weight excluding hydrogens is 116 g/mol. The minimum Gasteiger partial charge on any atom is -0.484 e. The lowest BCUT2D eigenvalue weighted by molar-refractivity contribution is -0.123. The largest absolute Gasteiger partial charge is 0.484 e. The van der Waals surface area contributed by atoms with Gasteiger partial charge >= 0.3 is 0 Å². The first-order chi connectivity index (χ1) is 4.23. The molecule has 0 amide bonds. The molecule has 2 heteroatoms. The third kappa shape index (κ3) is 0.530. The van der Waals surface area contributed by atoms with E-state index in [1.54, 1.807) is 0 Å². The monoisotopic (exact) mass is 124 g/mol. The maximum Gasteiger partial charge on any atom is 0.183 e. The summed E-state index contributed by atoms with van der Waals surface area (Å²) in [7, 11) is 0. The van der Waals surface area contributed by atoms with Crippen LogP contribution in [0.4, 0.5) is 0 Å². The van der Waals surface area contributed by atoms with Gasteiger partial charge in [0.05, 0.1) is 12.2 Å². The number of carbonyl (C=O) groups excluding carboxylic acids is 1. The number of hydrogen-bond donors (Lipinski definition) is 0. The SMILES string of the molecule is C=C1CC(=O)C2(CC2)O1. The van der Waals surface area contributed by atoms with E-state index in [1.807, 2.05) is 0 Å². The fourth-order valence-electron chi connectivity index (χ4n) is 1.20.